The third-order valence-electron chi connectivity index (χ3n) is 4.02. The van der Waals surface area contributed by atoms with Gasteiger partial charge in [-0.25, -0.2) is 9.67 Å². The van der Waals surface area contributed by atoms with Gasteiger partial charge in [0, 0.05) is 0 Å². The number of nitrogens with one attached hydrogen (secondary N) is 1. The van der Waals surface area contributed by atoms with Crippen LogP contribution in [-0.2, 0) is 4.79 Å². The highest BCUT2D eigenvalue weighted by Gasteiger charge is 2.19. The van der Waals surface area contributed by atoms with Crippen molar-refractivity contribution in [2.75, 3.05) is 0 Å². The zero-order valence-corrected chi connectivity index (χ0v) is 16.3. The first-order chi connectivity index (χ1) is 13.0. The fourth-order valence-electron chi connectivity index (χ4n) is 2.49. The number of hydrogen-bond acceptors (Lipinski definition) is 4. The number of nitrogens with zero attached hydrogens (tertiary/aromatic N) is 3. The van der Waals surface area contributed by atoms with Crippen molar-refractivity contribution in [1.29, 1.82) is 0 Å². The van der Waals surface area contributed by atoms with Gasteiger partial charge >= 0.3 is 0 Å². The molecule has 1 aromatic heterocycles. The molecule has 140 valence electrons. The van der Waals surface area contributed by atoms with Crippen molar-refractivity contribution < 1.29 is 9.53 Å². The van der Waals surface area contributed by atoms with Gasteiger partial charge < -0.3 is 10.1 Å². The first-order valence-electron chi connectivity index (χ1n) is 8.31. The predicted octanol–water partition coefficient (Wildman–Crippen LogP) is 4.22. The van der Waals surface area contributed by atoms with E-state index in [1.807, 2.05) is 31.2 Å². The second-order valence-electron chi connectivity index (χ2n) is 5.97. The summed E-state index contributed by atoms with van der Waals surface area (Å²) >= 11 is 12.1. The van der Waals surface area contributed by atoms with Crippen molar-refractivity contribution in [2.24, 2.45) is 0 Å². The molecule has 0 aliphatic heterocycles. The van der Waals surface area contributed by atoms with Crippen LogP contribution in [0.25, 0.3) is 5.69 Å². The van der Waals surface area contributed by atoms with Crippen LogP contribution in [0, 0.1) is 0 Å². The molecule has 0 aliphatic rings. The highest BCUT2D eigenvalue weighted by molar-refractivity contribution is 6.42. The van der Waals surface area contributed by atoms with Gasteiger partial charge in [0.1, 0.15) is 23.4 Å². The minimum Gasteiger partial charge on any atom is -0.479 e. The molecule has 0 aliphatic carbocycles. The quantitative estimate of drug-likeness (QED) is 0.667. The predicted molar refractivity (Wildman–Crippen MR) is 104 cm³/mol. The molecule has 3 aromatic rings. The van der Waals surface area contributed by atoms with Gasteiger partial charge in [-0.1, -0.05) is 41.4 Å². The summed E-state index contributed by atoms with van der Waals surface area (Å²) in [6.45, 7) is 3.56. The van der Waals surface area contributed by atoms with E-state index in [1.165, 1.54) is 6.33 Å². The van der Waals surface area contributed by atoms with Crippen LogP contribution in [0.1, 0.15) is 25.5 Å². The van der Waals surface area contributed by atoms with Crippen LogP contribution >= 0.6 is 23.2 Å². The molecule has 27 heavy (non-hydrogen) atoms. The molecule has 0 saturated carbocycles. The molecule has 2 unspecified atom stereocenters. The van der Waals surface area contributed by atoms with Gasteiger partial charge in [0.2, 0.25) is 0 Å². The molecule has 1 N–H and O–H groups in total. The third-order valence-corrected chi connectivity index (χ3v) is 4.83. The first kappa shape index (κ1) is 19.2. The van der Waals surface area contributed by atoms with E-state index in [-0.39, 0.29) is 17.0 Å². The van der Waals surface area contributed by atoms with Crippen LogP contribution in [0.2, 0.25) is 10.0 Å². The lowest BCUT2D eigenvalue weighted by atomic mass is 10.1. The Morgan fingerprint density at radius 3 is 2.56 bits per heavy atom. The van der Waals surface area contributed by atoms with E-state index in [1.54, 1.807) is 36.1 Å². The summed E-state index contributed by atoms with van der Waals surface area (Å²) in [5, 5.41) is 7.68. The fraction of sp³-hybridized carbons (Fsp3) is 0.211. The summed E-state index contributed by atoms with van der Waals surface area (Å²) in [5.41, 5.74) is 1.85. The zero-order chi connectivity index (χ0) is 19.4. The lowest BCUT2D eigenvalue weighted by Crippen LogP contribution is -2.37. The molecule has 1 heterocycles. The summed E-state index contributed by atoms with van der Waals surface area (Å²) in [4.78, 5) is 16.4. The first-order valence-corrected chi connectivity index (χ1v) is 9.07. The van der Waals surface area contributed by atoms with E-state index in [2.05, 4.69) is 15.4 Å². The van der Waals surface area contributed by atoms with Gasteiger partial charge in [-0.15, -0.1) is 0 Å². The average Bonchev–Trinajstić information content (AvgIpc) is 3.20. The highest BCUT2D eigenvalue weighted by Crippen LogP contribution is 2.32. The van der Waals surface area contributed by atoms with Gasteiger partial charge in [-0.2, -0.15) is 5.10 Å². The van der Waals surface area contributed by atoms with Crippen LogP contribution in [-0.4, -0.2) is 26.8 Å². The fourth-order valence-corrected chi connectivity index (χ4v) is 2.83. The van der Waals surface area contributed by atoms with Gasteiger partial charge in [-0.3, -0.25) is 4.79 Å². The normalized spacial score (nSPS) is 13.0. The summed E-state index contributed by atoms with van der Waals surface area (Å²) in [7, 11) is 0. The maximum atomic E-state index is 12.4. The lowest BCUT2D eigenvalue weighted by Gasteiger charge is -2.20. The lowest BCUT2D eigenvalue weighted by molar-refractivity contribution is -0.127. The van der Waals surface area contributed by atoms with Crippen molar-refractivity contribution in [2.45, 2.75) is 26.0 Å². The zero-order valence-electron chi connectivity index (χ0n) is 14.8. The highest BCUT2D eigenvalue weighted by atomic mass is 35.5. The summed E-state index contributed by atoms with van der Waals surface area (Å²) < 4.78 is 7.31. The molecule has 0 saturated heterocycles. The van der Waals surface area contributed by atoms with E-state index in [9.17, 15) is 4.79 Å². The topological polar surface area (TPSA) is 69.0 Å². The van der Waals surface area contributed by atoms with Gasteiger partial charge in [0.25, 0.3) is 5.91 Å². The molecule has 0 bridgehead atoms. The van der Waals surface area contributed by atoms with Crippen LogP contribution in [0.4, 0.5) is 0 Å². The van der Waals surface area contributed by atoms with Crippen LogP contribution < -0.4 is 10.1 Å². The number of aromatic nitrogens is 3. The van der Waals surface area contributed by atoms with Crippen molar-refractivity contribution in [3.8, 4) is 11.4 Å². The third kappa shape index (κ3) is 4.59. The number of ether oxygens (including phenoxy) is 1. The van der Waals surface area contributed by atoms with Crippen LogP contribution in [0.3, 0.4) is 0 Å². The smallest absolute Gasteiger partial charge is 0.261 e. The second-order valence-corrected chi connectivity index (χ2v) is 6.76. The van der Waals surface area contributed by atoms with Crippen LogP contribution in [0.5, 0.6) is 5.75 Å². The van der Waals surface area contributed by atoms with E-state index in [0.717, 1.165) is 11.3 Å². The Kier molecular flexibility index (Phi) is 5.98. The number of carbonyl (C=O) groups excluding carboxylic acids is 1. The van der Waals surface area contributed by atoms with E-state index in [0.29, 0.717) is 10.8 Å². The van der Waals surface area contributed by atoms with Crippen LogP contribution in [0.15, 0.2) is 55.1 Å². The van der Waals surface area contributed by atoms with Gasteiger partial charge in [0.15, 0.2) is 6.10 Å². The monoisotopic (exact) mass is 404 g/mol. The number of hydrogen-bond donors (Lipinski definition) is 1. The second kappa shape index (κ2) is 8.41. The van der Waals surface area contributed by atoms with Crippen molar-refractivity contribution in [3.05, 3.63) is 70.7 Å². The molecule has 8 heteroatoms. The van der Waals surface area contributed by atoms with Crippen molar-refractivity contribution in [3.63, 3.8) is 0 Å². The van der Waals surface area contributed by atoms with Gasteiger partial charge in [-0.05, 0) is 43.7 Å². The van der Waals surface area contributed by atoms with Crippen molar-refractivity contribution >= 4 is 29.1 Å². The molecule has 6 nitrogen and oxygen atoms in total. The minimum atomic E-state index is -0.724. The van der Waals surface area contributed by atoms with E-state index < -0.39 is 6.10 Å². The summed E-state index contributed by atoms with van der Waals surface area (Å²) in [6.07, 6.45) is 2.38. The van der Waals surface area contributed by atoms with E-state index in [4.69, 9.17) is 27.9 Å². The molecular weight excluding hydrogens is 387 g/mol. The SMILES string of the molecule is CC(Oc1cccc(Cl)c1Cl)C(=O)NC(C)c1ccc(-n2cncn2)cc1. The number of rotatable bonds is 6. The molecule has 3 rings (SSSR count). The average molecular weight is 405 g/mol. The maximum absolute atomic E-state index is 12.4. The molecule has 0 fully saturated rings. The Morgan fingerprint density at radius 2 is 1.89 bits per heavy atom. The Hall–Kier alpha value is -2.57. The minimum absolute atomic E-state index is 0.192. The Labute approximate surface area is 167 Å². The number of carbonyl (C=O) groups is 1. The largest absolute Gasteiger partial charge is 0.479 e. The molecule has 2 atom stereocenters. The maximum Gasteiger partial charge on any atom is 0.261 e. The Balaban J connectivity index is 1.62. The molecular formula is C19H18Cl2N4O2. The Morgan fingerprint density at radius 1 is 1.15 bits per heavy atom. The standard InChI is InChI=1S/C19H18Cl2N4O2/c1-12(14-6-8-15(9-7-14)25-11-22-10-23-25)24-19(26)13(2)27-17-5-3-4-16(20)18(17)21/h3-13H,1-2H3,(H,24,26). The molecule has 2 aromatic carbocycles. The number of halogens is 2. The molecule has 1 amide bonds. The van der Waals surface area contributed by atoms with Gasteiger partial charge in [0.05, 0.1) is 16.8 Å². The molecule has 0 spiro atoms. The van der Waals surface area contributed by atoms with Crippen molar-refractivity contribution in [1.82, 2.24) is 20.1 Å². The number of benzene rings is 2. The number of amides is 1. The van der Waals surface area contributed by atoms with E-state index >= 15 is 0 Å². The summed E-state index contributed by atoms with van der Waals surface area (Å²) in [5.74, 6) is 0.121. The summed E-state index contributed by atoms with van der Waals surface area (Å²) in [6, 6.07) is 12.5. The molecule has 0 radical (unpaired) electrons. The Bertz CT molecular complexity index is 914.